The molecule has 1 unspecified atom stereocenters. The minimum Gasteiger partial charge on any atom is -0.394 e. The zero-order valence-electron chi connectivity index (χ0n) is 18.5. The summed E-state index contributed by atoms with van der Waals surface area (Å²) < 4.78 is 10.3. The van der Waals surface area contributed by atoms with Crippen molar-refractivity contribution in [2.75, 3.05) is 25.6 Å². The van der Waals surface area contributed by atoms with Crippen LogP contribution < -0.4 is 22.5 Å². The number of imidazole rings is 2. The van der Waals surface area contributed by atoms with Gasteiger partial charge in [-0.15, -0.1) is 0 Å². The molecule has 0 aliphatic carbocycles. The van der Waals surface area contributed by atoms with E-state index in [9.17, 15) is 19.5 Å². The molecule has 0 amide bonds. The van der Waals surface area contributed by atoms with Crippen molar-refractivity contribution in [2.45, 2.75) is 19.4 Å². The maximum absolute atomic E-state index is 12.0. The number of aromatic nitrogens is 8. The average Bonchev–Trinajstić information content (AvgIpc) is 3.41. The van der Waals surface area contributed by atoms with Gasteiger partial charge in [-0.3, -0.25) is 28.3 Å². The van der Waals surface area contributed by atoms with Crippen LogP contribution in [0.1, 0.15) is 0 Å². The van der Waals surface area contributed by atoms with Crippen LogP contribution in [0.25, 0.3) is 22.3 Å². The van der Waals surface area contributed by atoms with Gasteiger partial charge in [0.1, 0.15) is 6.73 Å². The van der Waals surface area contributed by atoms with E-state index < -0.39 is 24.0 Å². The fourth-order valence-corrected chi connectivity index (χ4v) is 3.11. The summed E-state index contributed by atoms with van der Waals surface area (Å²) in [6.07, 6.45) is 1.82. The zero-order chi connectivity index (χ0) is 25.0. The van der Waals surface area contributed by atoms with Gasteiger partial charge in [0.05, 0.1) is 45.1 Å². The predicted molar refractivity (Wildman–Crippen MR) is 119 cm³/mol. The molecule has 0 aliphatic rings. The predicted octanol–water partition coefficient (Wildman–Crippen LogP) is -3.54. The lowest BCUT2D eigenvalue weighted by Gasteiger charge is -2.09. The SMILES string of the molecule is Cn1c(=O)c2c(ncn2CC(O)CO)n(C)c1=O.Nc1nc2c(ncn2COCCO)c(=O)[nH]1. The third-order valence-electron chi connectivity index (χ3n) is 4.79. The number of hydrogen-bond acceptors (Lipinski definition) is 11. The van der Waals surface area contributed by atoms with E-state index in [1.54, 1.807) is 0 Å². The molecule has 0 bridgehead atoms. The molecule has 0 aliphatic heterocycles. The molecule has 184 valence electrons. The maximum atomic E-state index is 12.0. The van der Waals surface area contributed by atoms with Crippen molar-refractivity contribution in [3.8, 4) is 0 Å². The molecule has 0 radical (unpaired) electrons. The molecular formula is C18H25N9O7. The fourth-order valence-electron chi connectivity index (χ4n) is 3.11. The minimum atomic E-state index is -0.982. The van der Waals surface area contributed by atoms with Gasteiger partial charge in [-0.05, 0) is 0 Å². The van der Waals surface area contributed by atoms with Gasteiger partial charge in [0.15, 0.2) is 22.3 Å². The summed E-state index contributed by atoms with van der Waals surface area (Å²) in [5, 5.41) is 26.8. The lowest BCUT2D eigenvalue weighted by molar-refractivity contribution is 0.0499. The molecule has 0 fully saturated rings. The van der Waals surface area contributed by atoms with Gasteiger partial charge in [-0.2, -0.15) is 4.98 Å². The number of aryl methyl sites for hydroxylation is 1. The Labute approximate surface area is 190 Å². The van der Waals surface area contributed by atoms with Gasteiger partial charge >= 0.3 is 5.69 Å². The van der Waals surface area contributed by atoms with E-state index >= 15 is 0 Å². The molecule has 34 heavy (non-hydrogen) atoms. The Balaban J connectivity index is 0.000000192. The first-order valence-electron chi connectivity index (χ1n) is 9.98. The van der Waals surface area contributed by atoms with Crippen LogP contribution in [0.2, 0.25) is 0 Å². The number of anilines is 1. The van der Waals surface area contributed by atoms with Crippen molar-refractivity contribution in [1.29, 1.82) is 0 Å². The number of ether oxygens (including phenoxy) is 1. The highest BCUT2D eigenvalue weighted by Crippen LogP contribution is 2.07. The Morgan fingerprint density at radius 3 is 2.47 bits per heavy atom. The molecule has 4 aromatic rings. The van der Waals surface area contributed by atoms with Gasteiger partial charge in [0, 0.05) is 14.1 Å². The summed E-state index contributed by atoms with van der Waals surface area (Å²) in [6.45, 7) is -0.0692. The number of fused-ring (bicyclic) bond motifs is 2. The normalized spacial score (nSPS) is 12.1. The average molecular weight is 479 g/mol. The summed E-state index contributed by atoms with van der Waals surface area (Å²) in [5.74, 6) is 0.0291. The summed E-state index contributed by atoms with van der Waals surface area (Å²) in [7, 11) is 2.90. The first kappa shape index (κ1) is 24.8. The van der Waals surface area contributed by atoms with Crippen molar-refractivity contribution >= 4 is 28.3 Å². The highest BCUT2D eigenvalue weighted by atomic mass is 16.5. The summed E-state index contributed by atoms with van der Waals surface area (Å²) in [5.41, 5.74) is 5.16. The van der Waals surface area contributed by atoms with Crippen molar-refractivity contribution in [1.82, 2.24) is 38.2 Å². The third kappa shape index (κ3) is 4.88. The Kier molecular flexibility index (Phi) is 7.57. The van der Waals surface area contributed by atoms with Crippen molar-refractivity contribution in [3.63, 3.8) is 0 Å². The van der Waals surface area contributed by atoms with Crippen LogP contribution in [0, 0.1) is 0 Å². The number of nitrogen functional groups attached to an aromatic ring is 1. The van der Waals surface area contributed by atoms with Crippen molar-refractivity contribution in [2.24, 2.45) is 14.1 Å². The Bertz CT molecular complexity index is 1460. The van der Waals surface area contributed by atoms with Crippen molar-refractivity contribution in [3.05, 3.63) is 43.8 Å². The molecule has 6 N–H and O–H groups in total. The molecule has 0 spiro atoms. The zero-order valence-corrected chi connectivity index (χ0v) is 18.5. The molecule has 4 rings (SSSR count). The quantitative estimate of drug-likeness (QED) is 0.163. The molecule has 0 saturated heterocycles. The molecule has 0 saturated carbocycles. The van der Waals surface area contributed by atoms with E-state index in [1.165, 1.54) is 40.5 Å². The van der Waals surface area contributed by atoms with Crippen LogP contribution in [0.15, 0.2) is 27.0 Å². The van der Waals surface area contributed by atoms with Gasteiger partial charge in [-0.1, -0.05) is 0 Å². The number of nitrogens with zero attached hydrogens (tertiary/aromatic N) is 7. The van der Waals surface area contributed by atoms with Crippen LogP contribution in [0.5, 0.6) is 0 Å². The summed E-state index contributed by atoms with van der Waals surface area (Å²) in [4.78, 5) is 49.3. The van der Waals surface area contributed by atoms with Crippen LogP contribution in [-0.2, 0) is 32.1 Å². The maximum Gasteiger partial charge on any atom is 0.332 e. The number of H-pyrrole nitrogens is 1. The fraction of sp³-hybridized carbons (Fsp3) is 0.444. The number of aromatic amines is 1. The first-order valence-corrected chi connectivity index (χ1v) is 9.98. The van der Waals surface area contributed by atoms with Crippen molar-refractivity contribution < 1.29 is 20.1 Å². The number of aliphatic hydroxyl groups is 3. The topological polar surface area (TPSA) is 221 Å². The molecule has 0 aromatic carbocycles. The van der Waals surface area contributed by atoms with Gasteiger partial charge in [0.25, 0.3) is 11.1 Å². The minimum absolute atomic E-state index is 0.0291. The lowest BCUT2D eigenvalue weighted by atomic mass is 10.3. The second-order valence-corrected chi connectivity index (χ2v) is 7.21. The van der Waals surface area contributed by atoms with Crippen LogP contribution >= 0.6 is 0 Å². The smallest absolute Gasteiger partial charge is 0.332 e. The molecule has 4 aromatic heterocycles. The second-order valence-electron chi connectivity index (χ2n) is 7.21. The van der Waals surface area contributed by atoms with Gasteiger partial charge in [0.2, 0.25) is 5.95 Å². The number of hydrogen-bond donors (Lipinski definition) is 5. The van der Waals surface area contributed by atoms with Gasteiger partial charge < -0.3 is 30.4 Å². The van der Waals surface area contributed by atoms with E-state index in [-0.39, 0.29) is 54.7 Å². The monoisotopic (exact) mass is 479 g/mol. The van der Waals surface area contributed by atoms with Crippen LogP contribution in [-0.4, -0.2) is 79.4 Å². The highest BCUT2D eigenvalue weighted by molar-refractivity contribution is 5.70. The molecule has 1 atom stereocenters. The molecule has 16 nitrogen and oxygen atoms in total. The summed E-state index contributed by atoms with van der Waals surface area (Å²) >= 11 is 0. The third-order valence-corrected chi connectivity index (χ3v) is 4.79. The lowest BCUT2D eigenvalue weighted by Crippen LogP contribution is -2.38. The van der Waals surface area contributed by atoms with E-state index in [0.29, 0.717) is 5.65 Å². The van der Waals surface area contributed by atoms with E-state index in [2.05, 4.69) is 19.9 Å². The number of aliphatic hydroxyl groups excluding tert-OH is 3. The standard InChI is InChI=1S/C10H14N4O4.C8H11N5O3/c1-12-8-7(9(17)13(2)10(12)18)14(5-11-8)3-6(16)4-15;9-8-11-6-5(7(15)12-8)10-3-13(6)4-16-2-1-14/h5-6,15-16H,3-4H2,1-2H3;3,14H,1-2,4H2,(H3,9,11,12,15). The molecule has 16 heteroatoms. The van der Waals surface area contributed by atoms with Crippen LogP contribution in [0.3, 0.4) is 0 Å². The highest BCUT2D eigenvalue weighted by Gasteiger charge is 2.15. The Hall–Kier alpha value is -3.86. The number of nitrogens with one attached hydrogen (secondary N) is 1. The number of rotatable bonds is 7. The molecule has 4 heterocycles. The van der Waals surface area contributed by atoms with Crippen LogP contribution in [0.4, 0.5) is 5.95 Å². The Morgan fingerprint density at radius 1 is 1.09 bits per heavy atom. The van der Waals surface area contributed by atoms with E-state index in [0.717, 1.165) is 4.57 Å². The second kappa shape index (κ2) is 10.4. The largest absolute Gasteiger partial charge is 0.394 e. The Morgan fingerprint density at radius 2 is 1.79 bits per heavy atom. The summed E-state index contributed by atoms with van der Waals surface area (Å²) in [6, 6.07) is 0. The number of nitrogens with two attached hydrogens (primary N) is 1. The molecular weight excluding hydrogens is 454 g/mol. The first-order chi connectivity index (χ1) is 16.2. The van der Waals surface area contributed by atoms with Gasteiger partial charge in [-0.25, -0.2) is 14.8 Å². The van der Waals surface area contributed by atoms with E-state index in [1.807, 2.05) is 0 Å². The van der Waals surface area contributed by atoms with E-state index in [4.69, 9.17) is 20.7 Å².